The Morgan fingerprint density at radius 1 is 1.38 bits per heavy atom. The van der Waals surface area contributed by atoms with Gasteiger partial charge in [-0.25, -0.2) is 0 Å². The third kappa shape index (κ3) is 5.28. The van der Waals surface area contributed by atoms with Crippen LogP contribution >= 0.6 is 0 Å². The predicted molar refractivity (Wildman–Crippen MR) is 68.5 cm³/mol. The minimum absolute atomic E-state index is 0.218. The molecule has 2 unspecified atom stereocenters. The molecular formula is C13H28N2O. The summed E-state index contributed by atoms with van der Waals surface area (Å²) in [6.07, 6.45) is 5.17. The fraction of sp³-hybridized carbons (Fsp3) is 1.00. The van der Waals surface area contributed by atoms with E-state index in [1.165, 1.54) is 12.8 Å². The third-order valence-electron chi connectivity index (χ3n) is 3.41. The average molecular weight is 228 g/mol. The second-order valence-electron chi connectivity index (χ2n) is 5.93. The first-order chi connectivity index (χ1) is 7.50. The standard InChI is InChI=1S/C13H28N2O/c1-13(2,3)12(14)7-9-15-8-6-11-5-4-10-16-11/h11-12,15H,4-10,14H2,1-3H3. The Bertz CT molecular complexity index is 183. The largest absolute Gasteiger partial charge is 0.378 e. The molecule has 3 nitrogen and oxygen atoms in total. The Labute approximate surface area is 100 Å². The summed E-state index contributed by atoms with van der Waals surface area (Å²) in [5.41, 5.74) is 6.31. The fourth-order valence-corrected chi connectivity index (χ4v) is 1.95. The zero-order chi connectivity index (χ0) is 12.0. The van der Waals surface area contributed by atoms with Crippen molar-refractivity contribution < 1.29 is 4.74 Å². The van der Waals surface area contributed by atoms with E-state index in [0.717, 1.165) is 32.5 Å². The number of ether oxygens (including phenoxy) is 1. The molecule has 0 amide bonds. The number of nitrogens with two attached hydrogens (primary N) is 1. The van der Waals surface area contributed by atoms with Crippen LogP contribution in [0.1, 0.15) is 46.5 Å². The highest BCUT2D eigenvalue weighted by Gasteiger charge is 2.19. The molecule has 0 aromatic heterocycles. The van der Waals surface area contributed by atoms with Crippen molar-refractivity contribution in [2.75, 3.05) is 19.7 Å². The van der Waals surface area contributed by atoms with Crippen LogP contribution in [0.25, 0.3) is 0 Å². The van der Waals surface area contributed by atoms with Gasteiger partial charge in [-0.3, -0.25) is 0 Å². The highest BCUT2D eigenvalue weighted by Crippen LogP contribution is 2.19. The molecule has 0 bridgehead atoms. The first-order valence-electron chi connectivity index (χ1n) is 6.58. The molecule has 1 aliphatic heterocycles. The Morgan fingerprint density at radius 3 is 2.69 bits per heavy atom. The maximum atomic E-state index is 6.09. The highest BCUT2D eigenvalue weighted by molar-refractivity contribution is 4.77. The van der Waals surface area contributed by atoms with Crippen LogP contribution in [-0.4, -0.2) is 31.8 Å². The van der Waals surface area contributed by atoms with E-state index in [-0.39, 0.29) is 11.5 Å². The molecule has 1 heterocycles. The summed E-state index contributed by atoms with van der Waals surface area (Å²) in [6, 6.07) is 0.280. The van der Waals surface area contributed by atoms with Crippen LogP contribution in [0.15, 0.2) is 0 Å². The van der Waals surface area contributed by atoms with Crippen molar-refractivity contribution in [3.63, 3.8) is 0 Å². The fourth-order valence-electron chi connectivity index (χ4n) is 1.95. The number of nitrogens with one attached hydrogen (secondary N) is 1. The molecule has 1 fully saturated rings. The van der Waals surface area contributed by atoms with Crippen LogP contribution in [-0.2, 0) is 4.74 Å². The molecule has 3 N–H and O–H groups in total. The molecule has 1 saturated heterocycles. The second kappa shape index (κ2) is 6.58. The summed E-state index contributed by atoms with van der Waals surface area (Å²) in [4.78, 5) is 0. The molecule has 0 aliphatic carbocycles. The summed E-state index contributed by atoms with van der Waals surface area (Å²) >= 11 is 0. The maximum Gasteiger partial charge on any atom is 0.0588 e. The summed E-state index contributed by atoms with van der Waals surface area (Å²) in [7, 11) is 0. The summed E-state index contributed by atoms with van der Waals surface area (Å²) in [5.74, 6) is 0. The number of rotatable bonds is 6. The molecule has 3 heteroatoms. The van der Waals surface area contributed by atoms with Crippen LogP contribution in [0.2, 0.25) is 0 Å². The van der Waals surface area contributed by atoms with Crippen molar-refractivity contribution in [2.45, 2.75) is 58.6 Å². The first-order valence-corrected chi connectivity index (χ1v) is 6.58. The van der Waals surface area contributed by atoms with Gasteiger partial charge in [0, 0.05) is 12.6 Å². The molecule has 1 aliphatic rings. The molecule has 0 aromatic carbocycles. The van der Waals surface area contributed by atoms with Crippen molar-refractivity contribution in [3.8, 4) is 0 Å². The molecule has 0 radical (unpaired) electrons. The number of hydrogen-bond donors (Lipinski definition) is 2. The van der Waals surface area contributed by atoms with Crippen LogP contribution in [0.3, 0.4) is 0 Å². The summed E-state index contributed by atoms with van der Waals surface area (Å²) < 4.78 is 5.57. The topological polar surface area (TPSA) is 47.3 Å². The minimum Gasteiger partial charge on any atom is -0.378 e. The maximum absolute atomic E-state index is 6.09. The van der Waals surface area contributed by atoms with Gasteiger partial charge in [-0.1, -0.05) is 20.8 Å². The average Bonchev–Trinajstić information content (AvgIpc) is 2.68. The van der Waals surface area contributed by atoms with Gasteiger partial charge in [-0.05, 0) is 44.2 Å². The zero-order valence-corrected chi connectivity index (χ0v) is 11.1. The van der Waals surface area contributed by atoms with Gasteiger partial charge in [0.1, 0.15) is 0 Å². The van der Waals surface area contributed by atoms with E-state index in [0.29, 0.717) is 6.10 Å². The first kappa shape index (κ1) is 13.9. The number of hydrogen-bond acceptors (Lipinski definition) is 3. The van der Waals surface area contributed by atoms with Crippen LogP contribution < -0.4 is 11.1 Å². The predicted octanol–water partition coefficient (Wildman–Crippen LogP) is 1.91. The van der Waals surface area contributed by atoms with Crippen LogP contribution in [0, 0.1) is 5.41 Å². The molecule has 1 rings (SSSR count). The molecule has 0 aromatic rings. The normalized spacial score (nSPS) is 23.6. The Balaban J connectivity index is 1.95. The van der Waals surface area contributed by atoms with Gasteiger partial charge in [0.25, 0.3) is 0 Å². The lowest BCUT2D eigenvalue weighted by Gasteiger charge is -2.27. The van der Waals surface area contributed by atoms with Gasteiger partial charge < -0.3 is 15.8 Å². The van der Waals surface area contributed by atoms with Crippen molar-refractivity contribution in [1.29, 1.82) is 0 Å². The van der Waals surface area contributed by atoms with E-state index >= 15 is 0 Å². The van der Waals surface area contributed by atoms with Gasteiger partial charge >= 0.3 is 0 Å². The smallest absolute Gasteiger partial charge is 0.0588 e. The van der Waals surface area contributed by atoms with E-state index < -0.39 is 0 Å². The molecule has 0 saturated carbocycles. The molecule has 0 spiro atoms. The minimum atomic E-state index is 0.218. The van der Waals surface area contributed by atoms with Gasteiger partial charge in [0.05, 0.1) is 6.10 Å². The van der Waals surface area contributed by atoms with E-state index in [1.54, 1.807) is 0 Å². The van der Waals surface area contributed by atoms with Gasteiger partial charge in [0.2, 0.25) is 0 Å². The molecule has 2 atom stereocenters. The lowest BCUT2D eigenvalue weighted by Crippen LogP contribution is -2.38. The monoisotopic (exact) mass is 228 g/mol. The quantitative estimate of drug-likeness (QED) is 0.683. The Morgan fingerprint density at radius 2 is 2.12 bits per heavy atom. The van der Waals surface area contributed by atoms with Crippen molar-refractivity contribution >= 4 is 0 Å². The Kier molecular flexibility index (Phi) is 5.73. The van der Waals surface area contributed by atoms with Crippen LogP contribution in [0.4, 0.5) is 0 Å². The van der Waals surface area contributed by atoms with Gasteiger partial charge in [0.15, 0.2) is 0 Å². The van der Waals surface area contributed by atoms with Crippen molar-refractivity contribution in [1.82, 2.24) is 5.32 Å². The van der Waals surface area contributed by atoms with E-state index in [2.05, 4.69) is 26.1 Å². The lowest BCUT2D eigenvalue weighted by atomic mass is 9.85. The Hall–Kier alpha value is -0.120. The van der Waals surface area contributed by atoms with E-state index in [4.69, 9.17) is 10.5 Å². The van der Waals surface area contributed by atoms with E-state index in [1.807, 2.05) is 0 Å². The van der Waals surface area contributed by atoms with Crippen LogP contribution in [0.5, 0.6) is 0 Å². The third-order valence-corrected chi connectivity index (χ3v) is 3.41. The molecule has 16 heavy (non-hydrogen) atoms. The summed E-state index contributed by atoms with van der Waals surface area (Å²) in [5, 5.41) is 3.46. The van der Waals surface area contributed by atoms with Gasteiger partial charge in [-0.2, -0.15) is 0 Å². The molecular weight excluding hydrogens is 200 g/mol. The van der Waals surface area contributed by atoms with Gasteiger partial charge in [-0.15, -0.1) is 0 Å². The highest BCUT2D eigenvalue weighted by atomic mass is 16.5. The lowest BCUT2D eigenvalue weighted by molar-refractivity contribution is 0.104. The summed E-state index contributed by atoms with van der Waals surface area (Å²) in [6.45, 7) is 9.63. The van der Waals surface area contributed by atoms with E-state index in [9.17, 15) is 0 Å². The zero-order valence-electron chi connectivity index (χ0n) is 11.1. The second-order valence-corrected chi connectivity index (χ2v) is 5.93. The van der Waals surface area contributed by atoms with Crippen molar-refractivity contribution in [3.05, 3.63) is 0 Å². The SMILES string of the molecule is CC(C)(C)C(N)CCNCCC1CCCO1. The molecule has 96 valence electrons. The van der Waals surface area contributed by atoms with Crippen molar-refractivity contribution in [2.24, 2.45) is 11.1 Å².